The Hall–Kier alpha value is -0.0900. The summed E-state index contributed by atoms with van der Waals surface area (Å²) >= 11 is 0. The Kier molecular flexibility index (Phi) is 5.70. The van der Waals surface area contributed by atoms with E-state index in [0.29, 0.717) is 23.3 Å². The van der Waals surface area contributed by atoms with Gasteiger partial charge in [-0.15, -0.1) is 0 Å². The molecule has 0 amide bonds. The molecule has 1 aliphatic heterocycles. The second-order valence-electron chi connectivity index (χ2n) is 6.46. The zero-order chi connectivity index (χ0) is 13.7. The van der Waals surface area contributed by atoms with Gasteiger partial charge in [0.25, 0.3) is 0 Å². The Bertz CT molecular complexity index is 362. The third kappa shape index (κ3) is 5.42. The molecule has 2 fully saturated rings. The van der Waals surface area contributed by atoms with Gasteiger partial charge in [0.1, 0.15) is 0 Å². The van der Waals surface area contributed by atoms with Crippen LogP contribution in [-0.4, -0.2) is 32.5 Å². The minimum absolute atomic E-state index is 0.415. The van der Waals surface area contributed by atoms with Gasteiger partial charge in [-0.1, -0.05) is 32.6 Å². The van der Waals surface area contributed by atoms with Crippen LogP contribution in [0.1, 0.15) is 58.3 Å². The number of nitrogens with one attached hydrogen (secondary N) is 1. The van der Waals surface area contributed by atoms with Gasteiger partial charge in [0, 0.05) is 6.04 Å². The Labute approximate surface area is 118 Å². The van der Waals surface area contributed by atoms with Crippen molar-refractivity contribution >= 4 is 9.84 Å². The Morgan fingerprint density at radius 3 is 2.53 bits per heavy atom. The van der Waals surface area contributed by atoms with Gasteiger partial charge in [-0.05, 0) is 44.1 Å². The van der Waals surface area contributed by atoms with E-state index >= 15 is 0 Å². The fraction of sp³-hybridized carbons (Fsp3) is 1.00. The summed E-state index contributed by atoms with van der Waals surface area (Å²) in [6.45, 7) is 3.27. The molecule has 1 heterocycles. The van der Waals surface area contributed by atoms with Gasteiger partial charge in [-0.3, -0.25) is 0 Å². The number of hydrogen-bond donors (Lipinski definition) is 1. The normalized spacial score (nSPS) is 27.5. The predicted octanol–water partition coefficient (Wildman–Crippen LogP) is 2.76. The van der Waals surface area contributed by atoms with Crippen LogP contribution in [0.3, 0.4) is 0 Å². The lowest BCUT2D eigenvalue weighted by Crippen LogP contribution is -2.30. The summed E-state index contributed by atoms with van der Waals surface area (Å²) in [4.78, 5) is 0. The van der Waals surface area contributed by atoms with Crippen LogP contribution in [0.4, 0.5) is 0 Å². The summed E-state index contributed by atoms with van der Waals surface area (Å²) in [5.41, 5.74) is 0. The first-order valence-electron chi connectivity index (χ1n) is 8.04. The van der Waals surface area contributed by atoms with E-state index in [2.05, 4.69) is 12.2 Å². The smallest absolute Gasteiger partial charge is 0.150 e. The molecule has 0 bridgehead atoms. The van der Waals surface area contributed by atoms with Crippen molar-refractivity contribution in [3.63, 3.8) is 0 Å². The van der Waals surface area contributed by atoms with Gasteiger partial charge >= 0.3 is 0 Å². The molecule has 1 saturated heterocycles. The molecule has 0 aromatic rings. The average molecular weight is 287 g/mol. The second kappa shape index (κ2) is 7.07. The largest absolute Gasteiger partial charge is 0.314 e. The van der Waals surface area contributed by atoms with Gasteiger partial charge in [0.2, 0.25) is 0 Å². The van der Waals surface area contributed by atoms with Gasteiger partial charge in [-0.25, -0.2) is 8.42 Å². The number of hydrogen-bond acceptors (Lipinski definition) is 3. The van der Waals surface area contributed by atoms with Crippen LogP contribution < -0.4 is 5.32 Å². The monoisotopic (exact) mass is 287 g/mol. The minimum atomic E-state index is -2.73. The molecule has 2 aliphatic rings. The minimum Gasteiger partial charge on any atom is -0.314 e. The van der Waals surface area contributed by atoms with Crippen LogP contribution in [0, 0.1) is 11.8 Å². The fourth-order valence-electron chi connectivity index (χ4n) is 3.14. The standard InChI is InChI=1S/C15H29NO2S/c1-2-3-4-5-6-13(11-16-15-7-8-15)14-9-10-19(17,18)12-14/h13-16H,2-12H2,1H3. The number of unbranched alkanes of at least 4 members (excludes halogenated alkanes) is 3. The van der Waals surface area contributed by atoms with E-state index < -0.39 is 9.84 Å². The molecule has 2 rings (SSSR count). The first-order chi connectivity index (χ1) is 9.11. The third-order valence-electron chi connectivity index (χ3n) is 4.61. The van der Waals surface area contributed by atoms with Gasteiger partial charge < -0.3 is 5.32 Å². The maximum absolute atomic E-state index is 11.7. The highest BCUT2D eigenvalue weighted by molar-refractivity contribution is 7.91. The summed E-state index contributed by atoms with van der Waals surface area (Å²) in [7, 11) is -2.73. The Balaban J connectivity index is 1.78. The van der Waals surface area contributed by atoms with Crippen LogP contribution in [0.5, 0.6) is 0 Å². The summed E-state index contributed by atoms with van der Waals surface area (Å²) in [5.74, 6) is 1.86. The average Bonchev–Trinajstić information content (AvgIpc) is 3.12. The Morgan fingerprint density at radius 2 is 1.95 bits per heavy atom. The van der Waals surface area contributed by atoms with E-state index in [9.17, 15) is 8.42 Å². The first kappa shape index (κ1) is 15.3. The van der Waals surface area contributed by atoms with Crippen LogP contribution in [-0.2, 0) is 9.84 Å². The highest BCUT2D eigenvalue weighted by atomic mass is 32.2. The van der Waals surface area contributed by atoms with Crippen molar-refractivity contribution in [2.75, 3.05) is 18.1 Å². The number of rotatable bonds is 9. The summed E-state index contributed by atoms with van der Waals surface area (Å²) in [6.07, 6.45) is 9.87. The molecule has 3 nitrogen and oxygen atoms in total. The van der Waals surface area contributed by atoms with Crippen LogP contribution in [0.25, 0.3) is 0 Å². The molecule has 0 spiro atoms. The molecule has 2 unspecified atom stereocenters. The molecule has 112 valence electrons. The molecule has 0 aromatic heterocycles. The van der Waals surface area contributed by atoms with Crippen molar-refractivity contribution in [2.45, 2.75) is 64.3 Å². The van der Waals surface area contributed by atoms with E-state index in [1.165, 1.54) is 44.9 Å². The SMILES string of the molecule is CCCCCCC(CNC1CC1)C1CCS(=O)(=O)C1. The second-order valence-corrected chi connectivity index (χ2v) is 8.68. The van der Waals surface area contributed by atoms with Crippen molar-refractivity contribution in [2.24, 2.45) is 11.8 Å². The van der Waals surface area contributed by atoms with E-state index in [-0.39, 0.29) is 0 Å². The van der Waals surface area contributed by atoms with Crippen molar-refractivity contribution in [3.05, 3.63) is 0 Å². The van der Waals surface area contributed by atoms with Crippen molar-refractivity contribution in [1.82, 2.24) is 5.32 Å². The highest BCUT2D eigenvalue weighted by Crippen LogP contribution is 2.30. The van der Waals surface area contributed by atoms with Crippen LogP contribution in [0.2, 0.25) is 0 Å². The van der Waals surface area contributed by atoms with E-state index in [4.69, 9.17) is 0 Å². The lowest BCUT2D eigenvalue weighted by Gasteiger charge is -2.23. The summed E-state index contributed by atoms with van der Waals surface area (Å²) < 4.78 is 23.3. The molecular formula is C15H29NO2S. The Morgan fingerprint density at radius 1 is 1.16 bits per heavy atom. The van der Waals surface area contributed by atoms with Crippen molar-refractivity contribution in [1.29, 1.82) is 0 Å². The van der Waals surface area contributed by atoms with Gasteiger partial charge in [0.15, 0.2) is 9.84 Å². The molecule has 1 N–H and O–H groups in total. The quantitative estimate of drug-likeness (QED) is 0.663. The fourth-order valence-corrected chi connectivity index (χ4v) is 5.06. The highest BCUT2D eigenvalue weighted by Gasteiger charge is 2.34. The van der Waals surface area contributed by atoms with E-state index in [1.807, 2.05) is 0 Å². The topological polar surface area (TPSA) is 46.2 Å². The molecule has 4 heteroatoms. The third-order valence-corrected chi connectivity index (χ3v) is 6.40. The van der Waals surface area contributed by atoms with Crippen molar-refractivity contribution < 1.29 is 8.42 Å². The zero-order valence-electron chi connectivity index (χ0n) is 12.2. The zero-order valence-corrected chi connectivity index (χ0v) is 13.1. The van der Waals surface area contributed by atoms with Crippen LogP contribution in [0.15, 0.2) is 0 Å². The van der Waals surface area contributed by atoms with E-state index in [0.717, 1.165) is 19.0 Å². The lowest BCUT2D eigenvalue weighted by atomic mass is 9.87. The van der Waals surface area contributed by atoms with Crippen molar-refractivity contribution in [3.8, 4) is 0 Å². The molecule has 2 atom stereocenters. The molecule has 0 aromatic carbocycles. The molecule has 1 saturated carbocycles. The predicted molar refractivity (Wildman–Crippen MR) is 80.0 cm³/mol. The van der Waals surface area contributed by atoms with Crippen LogP contribution >= 0.6 is 0 Å². The summed E-state index contributed by atoms with van der Waals surface area (Å²) in [6, 6.07) is 0.733. The molecular weight excluding hydrogens is 258 g/mol. The summed E-state index contributed by atoms with van der Waals surface area (Å²) in [5, 5.41) is 3.61. The lowest BCUT2D eigenvalue weighted by molar-refractivity contribution is 0.314. The van der Waals surface area contributed by atoms with Gasteiger partial charge in [0.05, 0.1) is 11.5 Å². The molecule has 0 radical (unpaired) electrons. The maximum Gasteiger partial charge on any atom is 0.150 e. The molecule has 1 aliphatic carbocycles. The molecule has 19 heavy (non-hydrogen) atoms. The maximum atomic E-state index is 11.7. The number of sulfone groups is 1. The first-order valence-corrected chi connectivity index (χ1v) is 9.86. The van der Waals surface area contributed by atoms with E-state index in [1.54, 1.807) is 0 Å². The van der Waals surface area contributed by atoms with Gasteiger partial charge in [-0.2, -0.15) is 0 Å².